The molecule has 0 N–H and O–H groups in total. The summed E-state index contributed by atoms with van der Waals surface area (Å²) in [6.07, 6.45) is -2.38. The van der Waals surface area contributed by atoms with Crippen LogP contribution in [0, 0.1) is 5.92 Å². The van der Waals surface area contributed by atoms with E-state index in [1.165, 1.54) is 6.07 Å². The van der Waals surface area contributed by atoms with Crippen LogP contribution in [-0.2, 0) is 4.79 Å². The third kappa shape index (κ3) is 3.50. The Morgan fingerprint density at radius 1 is 1.47 bits per heavy atom. The standard InChI is InChI=1S/C12H10Cl3F2NO/c13-7-2-1-3-8(4-7)18(6-10(16)17)11(19)9-5-12(9,14)15/h1-4,9-10H,5-6H2. The molecule has 0 spiro atoms. The molecule has 1 atom stereocenters. The first-order valence-electron chi connectivity index (χ1n) is 5.54. The van der Waals surface area contributed by atoms with Crippen molar-refractivity contribution in [1.82, 2.24) is 0 Å². The Morgan fingerprint density at radius 3 is 2.58 bits per heavy atom. The van der Waals surface area contributed by atoms with Crippen molar-refractivity contribution in [1.29, 1.82) is 0 Å². The average Bonchev–Trinajstić information content (AvgIpc) is 2.94. The van der Waals surface area contributed by atoms with Gasteiger partial charge in [0.05, 0.1) is 12.5 Å². The van der Waals surface area contributed by atoms with Gasteiger partial charge in [0.25, 0.3) is 6.43 Å². The number of hydrogen-bond donors (Lipinski definition) is 0. The van der Waals surface area contributed by atoms with E-state index in [4.69, 9.17) is 34.8 Å². The van der Waals surface area contributed by atoms with Crippen LogP contribution in [0.4, 0.5) is 14.5 Å². The van der Waals surface area contributed by atoms with Gasteiger partial charge in [0.2, 0.25) is 5.91 Å². The first-order chi connectivity index (χ1) is 8.81. The summed E-state index contributed by atoms with van der Waals surface area (Å²) in [5.41, 5.74) is 0.314. The zero-order chi connectivity index (χ0) is 14.2. The number of nitrogens with zero attached hydrogens (tertiary/aromatic N) is 1. The smallest absolute Gasteiger partial charge is 0.256 e. The van der Waals surface area contributed by atoms with Gasteiger partial charge in [0.1, 0.15) is 4.33 Å². The van der Waals surface area contributed by atoms with Crippen LogP contribution in [0.3, 0.4) is 0 Å². The van der Waals surface area contributed by atoms with Gasteiger partial charge >= 0.3 is 0 Å². The van der Waals surface area contributed by atoms with Gasteiger partial charge in [-0.05, 0) is 24.6 Å². The molecular weight excluding hydrogens is 318 g/mol. The number of halogens is 5. The largest absolute Gasteiger partial charge is 0.306 e. The van der Waals surface area contributed by atoms with Crippen LogP contribution < -0.4 is 4.90 Å². The summed E-state index contributed by atoms with van der Waals surface area (Å²) in [6, 6.07) is 6.18. The predicted octanol–water partition coefficient (Wildman–Crippen LogP) is 4.13. The van der Waals surface area contributed by atoms with Crippen LogP contribution in [0.25, 0.3) is 0 Å². The summed E-state index contributed by atoms with van der Waals surface area (Å²) in [5, 5.41) is 0.364. The minimum absolute atomic E-state index is 0.273. The van der Waals surface area contributed by atoms with Crippen LogP contribution in [0.5, 0.6) is 0 Å². The highest BCUT2D eigenvalue weighted by Crippen LogP contribution is 2.54. The summed E-state index contributed by atoms with van der Waals surface area (Å²) in [5.74, 6) is -1.15. The molecule has 104 valence electrons. The number of alkyl halides is 4. The van der Waals surface area contributed by atoms with Crippen LogP contribution >= 0.6 is 34.8 Å². The number of carbonyl (C=O) groups excluding carboxylic acids is 1. The van der Waals surface area contributed by atoms with Crippen molar-refractivity contribution in [3.05, 3.63) is 29.3 Å². The fourth-order valence-electron chi connectivity index (χ4n) is 1.77. The number of hydrogen-bond acceptors (Lipinski definition) is 1. The van der Waals surface area contributed by atoms with Crippen LogP contribution in [-0.4, -0.2) is 23.2 Å². The van der Waals surface area contributed by atoms with Gasteiger partial charge in [-0.15, -0.1) is 23.2 Å². The van der Waals surface area contributed by atoms with Gasteiger partial charge in [-0.3, -0.25) is 4.79 Å². The third-order valence-corrected chi connectivity index (χ3v) is 3.90. The molecule has 1 aliphatic rings. The van der Waals surface area contributed by atoms with E-state index < -0.39 is 29.1 Å². The summed E-state index contributed by atoms with van der Waals surface area (Å²) in [4.78, 5) is 13.1. The van der Waals surface area contributed by atoms with E-state index >= 15 is 0 Å². The van der Waals surface area contributed by atoms with Crippen molar-refractivity contribution in [2.75, 3.05) is 11.4 Å². The summed E-state index contributed by atoms with van der Waals surface area (Å²) in [7, 11) is 0. The highest BCUT2D eigenvalue weighted by atomic mass is 35.5. The fourth-order valence-corrected chi connectivity index (χ4v) is 2.45. The molecule has 1 aromatic rings. The number of anilines is 1. The second kappa shape index (κ2) is 5.43. The van der Waals surface area contributed by atoms with Gasteiger partial charge in [-0.25, -0.2) is 8.78 Å². The molecule has 2 rings (SSSR count). The maximum absolute atomic E-state index is 12.6. The zero-order valence-electron chi connectivity index (χ0n) is 9.62. The Kier molecular flexibility index (Phi) is 4.23. The number of amides is 1. The average molecular weight is 329 g/mol. The quantitative estimate of drug-likeness (QED) is 0.761. The van der Waals surface area contributed by atoms with E-state index in [0.717, 1.165) is 4.90 Å². The summed E-state index contributed by atoms with van der Waals surface area (Å²) in [6.45, 7) is -0.709. The normalized spacial score (nSPS) is 20.4. The molecule has 0 saturated heterocycles. The van der Waals surface area contributed by atoms with E-state index in [-0.39, 0.29) is 6.42 Å². The minimum Gasteiger partial charge on any atom is -0.306 e. The lowest BCUT2D eigenvalue weighted by Crippen LogP contribution is -2.37. The molecular formula is C12H10Cl3F2NO. The highest BCUT2D eigenvalue weighted by Gasteiger charge is 2.57. The second-order valence-corrected chi connectivity index (χ2v) is 6.32. The molecule has 7 heteroatoms. The Balaban J connectivity index is 2.24. The molecule has 0 aromatic heterocycles. The molecule has 1 aromatic carbocycles. The topological polar surface area (TPSA) is 20.3 Å². The van der Waals surface area contributed by atoms with Crippen molar-refractivity contribution >= 4 is 46.4 Å². The monoisotopic (exact) mass is 327 g/mol. The van der Waals surface area contributed by atoms with E-state index in [1.807, 2.05) is 0 Å². The number of rotatable bonds is 4. The van der Waals surface area contributed by atoms with Crippen molar-refractivity contribution in [3.63, 3.8) is 0 Å². The molecule has 1 unspecified atom stereocenters. The van der Waals surface area contributed by atoms with E-state index in [1.54, 1.807) is 18.2 Å². The molecule has 1 fully saturated rings. The van der Waals surface area contributed by atoms with Gasteiger partial charge in [0, 0.05) is 10.7 Å². The fraction of sp³-hybridized carbons (Fsp3) is 0.417. The summed E-state index contributed by atoms with van der Waals surface area (Å²) < 4.78 is 24.1. The van der Waals surface area contributed by atoms with Crippen LogP contribution in [0.2, 0.25) is 5.02 Å². The SMILES string of the molecule is O=C(C1CC1(Cl)Cl)N(CC(F)F)c1cccc(Cl)c1. The van der Waals surface area contributed by atoms with E-state index in [2.05, 4.69) is 0 Å². The van der Waals surface area contributed by atoms with Gasteiger partial charge in [-0.1, -0.05) is 17.7 Å². The molecule has 0 bridgehead atoms. The molecule has 19 heavy (non-hydrogen) atoms. The van der Waals surface area contributed by atoms with Crippen molar-refractivity contribution in [2.24, 2.45) is 5.92 Å². The first kappa shape index (κ1) is 14.8. The molecule has 1 aliphatic carbocycles. The highest BCUT2D eigenvalue weighted by molar-refractivity contribution is 6.52. The molecule has 1 amide bonds. The Morgan fingerprint density at radius 2 is 2.11 bits per heavy atom. The lowest BCUT2D eigenvalue weighted by molar-refractivity contribution is -0.120. The maximum Gasteiger partial charge on any atom is 0.256 e. The van der Waals surface area contributed by atoms with Crippen LogP contribution in [0.1, 0.15) is 6.42 Å². The van der Waals surface area contributed by atoms with Crippen molar-refractivity contribution in [2.45, 2.75) is 17.2 Å². The predicted molar refractivity (Wildman–Crippen MR) is 72.4 cm³/mol. The molecule has 1 saturated carbocycles. The van der Waals surface area contributed by atoms with Gasteiger partial charge < -0.3 is 4.90 Å². The van der Waals surface area contributed by atoms with Crippen molar-refractivity contribution in [3.8, 4) is 0 Å². The Labute approximate surface area is 124 Å². The van der Waals surface area contributed by atoms with Crippen molar-refractivity contribution < 1.29 is 13.6 Å². The Hall–Kier alpha value is -0.580. The molecule has 0 aliphatic heterocycles. The number of carbonyl (C=O) groups is 1. The lowest BCUT2D eigenvalue weighted by Gasteiger charge is -2.23. The van der Waals surface area contributed by atoms with Gasteiger partial charge in [-0.2, -0.15) is 0 Å². The zero-order valence-corrected chi connectivity index (χ0v) is 11.9. The second-order valence-electron chi connectivity index (χ2n) is 4.34. The maximum atomic E-state index is 12.6. The van der Waals surface area contributed by atoms with Gasteiger partial charge in [0.15, 0.2) is 0 Å². The van der Waals surface area contributed by atoms with E-state index in [9.17, 15) is 13.6 Å². The summed E-state index contributed by atoms with van der Waals surface area (Å²) >= 11 is 17.4. The van der Waals surface area contributed by atoms with E-state index in [0.29, 0.717) is 10.7 Å². The minimum atomic E-state index is -2.65. The van der Waals surface area contributed by atoms with Crippen LogP contribution in [0.15, 0.2) is 24.3 Å². The third-order valence-electron chi connectivity index (χ3n) is 2.83. The molecule has 2 nitrogen and oxygen atoms in total. The molecule has 0 heterocycles. The lowest BCUT2D eigenvalue weighted by atomic mass is 10.2. The first-order valence-corrected chi connectivity index (χ1v) is 6.67. The Bertz CT molecular complexity index is 496. The molecule has 0 radical (unpaired) electrons. The number of benzene rings is 1.